The number of aromatic nitrogens is 2. The van der Waals surface area contributed by atoms with Gasteiger partial charge in [0.2, 0.25) is 5.79 Å². The predicted molar refractivity (Wildman–Crippen MR) is 138 cm³/mol. The zero-order valence-electron chi connectivity index (χ0n) is 19.5. The molecule has 0 spiro atoms. The van der Waals surface area contributed by atoms with E-state index in [1.54, 1.807) is 0 Å². The third-order valence-corrected chi connectivity index (χ3v) is 6.33. The number of benzene rings is 2. The van der Waals surface area contributed by atoms with Crippen molar-refractivity contribution in [1.29, 1.82) is 0 Å². The highest BCUT2D eigenvalue weighted by molar-refractivity contribution is 6.30. The van der Waals surface area contributed by atoms with Crippen LogP contribution in [0.4, 0.5) is 5.69 Å². The molecule has 1 aromatic heterocycles. The van der Waals surface area contributed by atoms with Gasteiger partial charge in [0, 0.05) is 52.9 Å². The van der Waals surface area contributed by atoms with Gasteiger partial charge in [0.25, 0.3) is 0 Å². The molecule has 1 atom stereocenters. The van der Waals surface area contributed by atoms with Crippen LogP contribution in [0.25, 0.3) is 5.57 Å². The molecule has 0 bridgehead atoms. The number of nitrogens with zero attached hydrogens (tertiary/aromatic N) is 3. The van der Waals surface area contributed by atoms with Crippen LogP contribution in [0.15, 0.2) is 66.1 Å². The number of nitrogens with two attached hydrogens (primary N) is 1. The molecule has 0 amide bonds. The van der Waals surface area contributed by atoms with E-state index in [4.69, 9.17) is 22.3 Å². The lowest BCUT2D eigenvalue weighted by Crippen LogP contribution is -2.50. The molecule has 176 valence electrons. The summed E-state index contributed by atoms with van der Waals surface area (Å²) in [5.74, 6) is 0.0237. The normalized spacial score (nSPS) is 19.8. The topological polar surface area (TPSA) is 92.3 Å². The zero-order valence-corrected chi connectivity index (χ0v) is 20.2. The fourth-order valence-electron chi connectivity index (χ4n) is 4.38. The lowest BCUT2D eigenvalue weighted by atomic mass is 10.00. The van der Waals surface area contributed by atoms with E-state index in [-0.39, 0.29) is 0 Å². The quantitative estimate of drug-likeness (QED) is 0.446. The Kier molecular flexibility index (Phi) is 6.16. The number of hydrogen-bond donors (Lipinski definition) is 4. The van der Waals surface area contributed by atoms with Crippen molar-refractivity contribution in [3.63, 3.8) is 0 Å². The minimum atomic E-state index is -1.15. The Morgan fingerprint density at radius 3 is 2.91 bits per heavy atom. The molecule has 0 saturated carbocycles. The summed E-state index contributed by atoms with van der Waals surface area (Å²) in [5, 5.41) is 15.4. The summed E-state index contributed by atoms with van der Waals surface area (Å²) >= 11 is 6.25. The third kappa shape index (κ3) is 4.73. The largest absolute Gasteiger partial charge is 0.351 e. The molecule has 0 saturated heterocycles. The van der Waals surface area contributed by atoms with Crippen LogP contribution in [0, 0.1) is 5.92 Å². The van der Waals surface area contributed by atoms with E-state index in [2.05, 4.69) is 53.1 Å². The van der Waals surface area contributed by atoms with Gasteiger partial charge in [0.05, 0.1) is 6.20 Å². The molecule has 3 aromatic rings. The molecule has 34 heavy (non-hydrogen) atoms. The van der Waals surface area contributed by atoms with Crippen molar-refractivity contribution >= 4 is 28.7 Å². The molecule has 0 fully saturated rings. The third-order valence-electron chi connectivity index (χ3n) is 6.10. The molecule has 0 radical (unpaired) electrons. The van der Waals surface area contributed by atoms with Crippen molar-refractivity contribution in [2.45, 2.75) is 39.1 Å². The highest BCUT2D eigenvalue weighted by atomic mass is 35.5. The Bertz CT molecular complexity index is 1260. The minimum absolute atomic E-state index is 0.501. The van der Waals surface area contributed by atoms with Gasteiger partial charge in [-0.2, -0.15) is 5.10 Å². The van der Waals surface area contributed by atoms with E-state index in [1.165, 1.54) is 11.1 Å². The molecule has 2 aliphatic rings. The zero-order chi connectivity index (χ0) is 23.7. The van der Waals surface area contributed by atoms with Gasteiger partial charge in [-0.3, -0.25) is 10.4 Å². The molecule has 3 heterocycles. The fraction of sp³-hybridized carbons (Fsp3) is 0.308. The van der Waals surface area contributed by atoms with Crippen LogP contribution in [0.2, 0.25) is 5.02 Å². The first kappa shape index (κ1) is 22.7. The average Bonchev–Trinajstić information content (AvgIpc) is 3.26. The van der Waals surface area contributed by atoms with Gasteiger partial charge in [-0.25, -0.2) is 4.99 Å². The SMILES string of the molecule is CC(C)Cn1cc(C2=CNC(N)(c3cccc(Cl)c3)N=C2Nc2ccc3c(c2)CNCC3)cn1. The van der Waals surface area contributed by atoms with Crippen LogP contribution >= 0.6 is 11.6 Å². The van der Waals surface area contributed by atoms with E-state index in [0.29, 0.717) is 16.8 Å². The number of hydrogen-bond acceptors (Lipinski definition) is 6. The van der Waals surface area contributed by atoms with Crippen LogP contribution < -0.4 is 21.7 Å². The molecular weight excluding hydrogens is 446 g/mol. The van der Waals surface area contributed by atoms with Gasteiger partial charge < -0.3 is 16.0 Å². The Hall–Kier alpha value is -3.13. The second-order valence-electron chi connectivity index (χ2n) is 9.32. The molecule has 0 aliphatic carbocycles. The smallest absolute Gasteiger partial charge is 0.211 e. The molecule has 2 aromatic carbocycles. The van der Waals surface area contributed by atoms with Crippen LogP contribution in [-0.4, -0.2) is 22.2 Å². The molecule has 7 nitrogen and oxygen atoms in total. The van der Waals surface area contributed by atoms with Crippen molar-refractivity contribution in [2.75, 3.05) is 11.9 Å². The second-order valence-corrected chi connectivity index (χ2v) is 9.76. The molecular formula is C26H30ClN7. The van der Waals surface area contributed by atoms with E-state index < -0.39 is 5.79 Å². The van der Waals surface area contributed by atoms with Crippen molar-refractivity contribution in [2.24, 2.45) is 16.6 Å². The first-order valence-electron chi connectivity index (χ1n) is 11.6. The lowest BCUT2D eigenvalue weighted by Gasteiger charge is -2.32. The second kappa shape index (κ2) is 9.25. The summed E-state index contributed by atoms with van der Waals surface area (Å²) < 4.78 is 1.96. The van der Waals surface area contributed by atoms with Crippen molar-refractivity contribution < 1.29 is 0 Å². The number of halogens is 1. The summed E-state index contributed by atoms with van der Waals surface area (Å²) in [6.07, 6.45) is 6.87. The molecule has 5 rings (SSSR count). The number of nitrogens with one attached hydrogen (secondary N) is 3. The number of anilines is 1. The number of aliphatic imine (C=N–C) groups is 1. The molecule has 5 N–H and O–H groups in total. The van der Waals surface area contributed by atoms with Gasteiger partial charge in [-0.15, -0.1) is 0 Å². The summed E-state index contributed by atoms with van der Waals surface area (Å²) in [4.78, 5) is 4.95. The number of fused-ring (bicyclic) bond motifs is 1. The van der Waals surface area contributed by atoms with Crippen molar-refractivity contribution in [1.82, 2.24) is 20.4 Å². The maximum absolute atomic E-state index is 6.74. The van der Waals surface area contributed by atoms with Gasteiger partial charge >= 0.3 is 0 Å². The average molecular weight is 476 g/mol. The van der Waals surface area contributed by atoms with Gasteiger partial charge in [-0.05, 0) is 54.3 Å². The number of rotatable bonds is 5. The Morgan fingerprint density at radius 2 is 2.09 bits per heavy atom. The van der Waals surface area contributed by atoms with Crippen LogP contribution in [0.1, 0.15) is 36.1 Å². The van der Waals surface area contributed by atoms with Gasteiger partial charge in [-0.1, -0.05) is 43.6 Å². The first-order valence-corrected chi connectivity index (χ1v) is 12.0. The Balaban J connectivity index is 1.52. The lowest BCUT2D eigenvalue weighted by molar-refractivity contribution is 0.412. The van der Waals surface area contributed by atoms with E-state index >= 15 is 0 Å². The number of amidine groups is 1. The maximum Gasteiger partial charge on any atom is 0.211 e. The van der Waals surface area contributed by atoms with E-state index in [9.17, 15) is 0 Å². The van der Waals surface area contributed by atoms with Gasteiger partial charge in [0.15, 0.2) is 0 Å². The van der Waals surface area contributed by atoms with Crippen LogP contribution in [-0.2, 0) is 25.3 Å². The molecule has 2 aliphatic heterocycles. The van der Waals surface area contributed by atoms with E-state index in [0.717, 1.165) is 48.4 Å². The summed E-state index contributed by atoms with van der Waals surface area (Å²) in [5.41, 5.74) is 13.0. The summed E-state index contributed by atoms with van der Waals surface area (Å²) in [6.45, 7) is 7.08. The summed E-state index contributed by atoms with van der Waals surface area (Å²) in [7, 11) is 0. The maximum atomic E-state index is 6.74. The van der Waals surface area contributed by atoms with Crippen LogP contribution in [0.5, 0.6) is 0 Å². The minimum Gasteiger partial charge on any atom is -0.351 e. The van der Waals surface area contributed by atoms with E-state index in [1.807, 2.05) is 47.5 Å². The van der Waals surface area contributed by atoms with Gasteiger partial charge in [0.1, 0.15) is 5.84 Å². The fourth-order valence-corrected chi connectivity index (χ4v) is 4.57. The van der Waals surface area contributed by atoms with Crippen molar-refractivity contribution in [3.05, 3.63) is 88.3 Å². The standard InChI is InChI=1S/C26H30ClN7/c1-17(2)15-34-16-20(13-31-34)24-14-30-26(28,21-4-3-5-22(27)11-21)33-25(24)32-23-7-6-18-8-9-29-12-19(18)10-23/h3-7,10-11,13-14,16-17,29-30H,8-9,12,15,28H2,1-2H3,(H,32,33). The summed E-state index contributed by atoms with van der Waals surface area (Å²) in [6, 6.07) is 13.9. The highest BCUT2D eigenvalue weighted by Gasteiger charge is 2.31. The highest BCUT2D eigenvalue weighted by Crippen LogP contribution is 2.29. The van der Waals surface area contributed by atoms with Crippen LogP contribution in [0.3, 0.4) is 0 Å². The molecule has 8 heteroatoms. The Labute approximate surface area is 205 Å². The monoisotopic (exact) mass is 475 g/mol. The first-order chi connectivity index (χ1) is 16.4. The predicted octanol–water partition coefficient (Wildman–Crippen LogP) is 4.06. The van der Waals surface area contributed by atoms with Crippen molar-refractivity contribution in [3.8, 4) is 0 Å². The Morgan fingerprint density at radius 1 is 1.21 bits per heavy atom. The molecule has 1 unspecified atom stereocenters.